The van der Waals surface area contributed by atoms with E-state index in [0.717, 1.165) is 35.3 Å². The minimum atomic E-state index is -0.0659. The summed E-state index contributed by atoms with van der Waals surface area (Å²) < 4.78 is 0. The first-order valence-electron chi connectivity index (χ1n) is 6.77. The van der Waals surface area contributed by atoms with Gasteiger partial charge < -0.3 is 5.32 Å². The van der Waals surface area contributed by atoms with Crippen molar-refractivity contribution in [2.45, 2.75) is 33.6 Å². The number of carbonyl (C=O) groups is 1. The smallest absolute Gasteiger partial charge is 0.251 e. The van der Waals surface area contributed by atoms with Gasteiger partial charge in [-0.15, -0.1) is 0 Å². The van der Waals surface area contributed by atoms with Crippen LogP contribution in [0.5, 0.6) is 0 Å². The van der Waals surface area contributed by atoms with Gasteiger partial charge in [0.25, 0.3) is 5.91 Å². The maximum Gasteiger partial charge on any atom is 0.251 e. The fraction of sp³-hybridized carbons (Fsp3) is 0.400. The van der Waals surface area contributed by atoms with E-state index in [-0.39, 0.29) is 5.91 Å². The highest BCUT2D eigenvalue weighted by atomic mass is 16.1. The van der Waals surface area contributed by atoms with Gasteiger partial charge in [-0.1, -0.05) is 13.8 Å². The molecule has 1 heterocycles. The monoisotopic (exact) mass is 257 g/mol. The van der Waals surface area contributed by atoms with Crippen molar-refractivity contribution < 1.29 is 4.79 Å². The van der Waals surface area contributed by atoms with Gasteiger partial charge in [0.2, 0.25) is 0 Å². The van der Waals surface area contributed by atoms with Crippen molar-refractivity contribution in [3.63, 3.8) is 0 Å². The number of benzene rings is 1. The average Bonchev–Trinajstić information content (AvgIpc) is 2.45. The molecule has 0 aliphatic carbocycles. The number of aryl methyl sites for hydroxylation is 2. The Bertz CT molecular complexity index is 608. The quantitative estimate of drug-likeness (QED) is 0.915. The summed E-state index contributed by atoms with van der Waals surface area (Å²) in [5, 5.41) is 2.79. The number of amides is 1. The number of hydrogen-bond acceptors (Lipinski definition) is 3. The fourth-order valence-corrected chi connectivity index (χ4v) is 2.10. The summed E-state index contributed by atoms with van der Waals surface area (Å²) in [5.41, 5.74) is 4.33. The van der Waals surface area contributed by atoms with E-state index in [9.17, 15) is 4.79 Å². The topological polar surface area (TPSA) is 54.9 Å². The zero-order valence-corrected chi connectivity index (χ0v) is 11.7. The van der Waals surface area contributed by atoms with Crippen molar-refractivity contribution in [3.05, 3.63) is 35.2 Å². The van der Waals surface area contributed by atoms with E-state index >= 15 is 0 Å². The third-order valence-corrected chi connectivity index (χ3v) is 3.09. The maximum atomic E-state index is 11.8. The van der Waals surface area contributed by atoms with Crippen LogP contribution in [0.2, 0.25) is 0 Å². The molecule has 0 radical (unpaired) electrons. The SMILES string of the molecule is CCNC(=O)c1ccc2nc(CC)c(CC)nc2c1. The summed E-state index contributed by atoms with van der Waals surface area (Å²) >= 11 is 0. The first kappa shape index (κ1) is 13.5. The number of rotatable bonds is 4. The molecule has 0 saturated carbocycles. The zero-order chi connectivity index (χ0) is 13.8. The number of carbonyl (C=O) groups excluding carboxylic acids is 1. The van der Waals surface area contributed by atoms with Crippen LogP contribution < -0.4 is 5.32 Å². The van der Waals surface area contributed by atoms with Gasteiger partial charge in [0.1, 0.15) is 0 Å². The van der Waals surface area contributed by atoms with E-state index in [1.54, 1.807) is 6.07 Å². The lowest BCUT2D eigenvalue weighted by Gasteiger charge is -2.08. The van der Waals surface area contributed by atoms with E-state index < -0.39 is 0 Å². The fourth-order valence-electron chi connectivity index (χ4n) is 2.10. The van der Waals surface area contributed by atoms with Crippen molar-refractivity contribution in [1.82, 2.24) is 15.3 Å². The lowest BCUT2D eigenvalue weighted by molar-refractivity contribution is 0.0956. The molecule has 0 aliphatic heterocycles. The Hall–Kier alpha value is -1.97. The van der Waals surface area contributed by atoms with Gasteiger partial charge in [-0.3, -0.25) is 4.79 Å². The molecular formula is C15H19N3O. The highest BCUT2D eigenvalue weighted by molar-refractivity contribution is 5.97. The molecule has 1 aromatic heterocycles. The Morgan fingerprint density at radius 3 is 2.26 bits per heavy atom. The maximum absolute atomic E-state index is 11.8. The van der Waals surface area contributed by atoms with E-state index in [1.807, 2.05) is 19.1 Å². The highest BCUT2D eigenvalue weighted by Gasteiger charge is 2.09. The van der Waals surface area contributed by atoms with Gasteiger partial charge in [0.05, 0.1) is 22.4 Å². The molecule has 0 unspecified atom stereocenters. The third-order valence-electron chi connectivity index (χ3n) is 3.09. The van der Waals surface area contributed by atoms with Crippen molar-refractivity contribution >= 4 is 16.9 Å². The number of fused-ring (bicyclic) bond motifs is 1. The Labute approximate surface area is 113 Å². The van der Waals surface area contributed by atoms with Gasteiger partial charge in [-0.05, 0) is 38.0 Å². The standard InChI is InChI=1S/C15H19N3O/c1-4-11-12(5-2)18-14-9-10(15(19)16-6-3)7-8-13(14)17-11/h7-9H,4-6H2,1-3H3,(H,16,19). The molecule has 1 aromatic carbocycles. The Balaban J connectivity index is 2.50. The number of hydrogen-bond donors (Lipinski definition) is 1. The van der Waals surface area contributed by atoms with Crippen molar-refractivity contribution in [2.24, 2.45) is 0 Å². The number of nitrogens with zero attached hydrogens (tertiary/aromatic N) is 2. The van der Waals surface area contributed by atoms with Crippen LogP contribution in [-0.2, 0) is 12.8 Å². The van der Waals surface area contributed by atoms with Gasteiger partial charge in [0, 0.05) is 12.1 Å². The van der Waals surface area contributed by atoms with Crippen LogP contribution in [0.3, 0.4) is 0 Å². The molecular weight excluding hydrogens is 238 g/mol. The third kappa shape index (κ3) is 2.72. The van der Waals surface area contributed by atoms with Crippen LogP contribution in [0, 0.1) is 0 Å². The van der Waals surface area contributed by atoms with Crippen LogP contribution in [0.25, 0.3) is 11.0 Å². The summed E-state index contributed by atoms with van der Waals surface area (Å²) in [5.74, 6) is -0.0659. The van der Waals surface area contributed by atoms with E-state index in [0.29, 0.717) is 12.1 Å². The molecule has 0 bridgehead atoms. The zero-order valence-electron chi connectivity index (χ0n) is 11.7. The van der Waals surface area contributed by atoms with E-state index in [4.69, 9.17) is 0 Å². The summed E-state index contributed by atoms with van der Waals surface area (Å²) in [6.07, 6.45) is 1.74. The van der Waals surface area contributed by atoms with Crippen LogP contribution in [0.1, 0.15) is 42.5 Å². The first-order chi connectivity index (χ1) is 9.19. The van der Waals surface area contributed by atoms with Crippen molar-refractivity contribution in [2.75, 3.05) is 6.54 Å². The molecule has 0 atom stereocenters. The van der Waals surface area contributed by atoms with Gasteiger partial charge in [-0.2, -0.15) is 0 Å². The minimum Gasteiger partial charge on any atom is -0.352 e. The van der Waals surface area contributed by atoms with Crippen LogP contribution >= 0.6 is 0 Å². The largest absolute Gasteiger partial charge is 0.352 e. The Morgan fingerprint density at radius 1 is 1.05 bits per heavy atom. The lowest BCUT2D eigenvalue weighted by Crippen LogP contribution is -2.22. The second kappa shape index (κ2) is 5.78. The van der Waals surface area contributed by atoms with Crippen molar-refractivity contribution in [3.8, 4) is 0 Å². The van der Waals surface area contributed by atoms with Gasteiger partial charge >= 0.3 is 0 Å². The molecule has 1 amide bonds. The Morgan fingerprint density at radius 2 is 1.68 bits per heavy atom. The summed E-state index contributed by atoms with van der Waals surface area (Å²) in [6.45, 7) is 6.68. The Kier molecular flexibility index (Phi) is 4.10. The predicted molar refractivity (Wildman–Crippen MR) is 76.3 cm³/mol. The summed E-state index contributed by atoms with van der Waals surface area (Å²) in [7, 11) is 0. The molecule has 4 heteroatoms. The van der Waals surface area contributed by atoms with Crippen LogP contribution in [0.4, 0.5) is 0 Å². The van der Waals surface area contributed by atoms with E-state index in [2.05, 4.69) is 29.1 Å². The second-order valence-electron chi connectivity index (χ2n) is 4.39. The second-order valence-corrected chi connectivity index (χ2v) is 4.39. The summed E-state index contributed by atoms with van der Waals surface area (Å²) in [6, 6.07) is 5.48. The molecule has 4 nitrogen and oxygen atoms in total. The normalized spacial score (nSPS) is 10.7. The number of aromatic nitrogens is 2. The van der Waals surface area contributed by atoms with E-state index in [1.165, 1.54) is 0 Å². The van der Waals surface area contributed by atoms with Crippen molar-refractivity contribution in [1.29, 1.82) is 0 Å². The molecule has 19 heavy (non-hydrogen) atoms. The summed E-state index contributed by atoms with van der Waals surface area (Å²) in [4.78, 5) is 21.0. The molecule has 100 valence electrons. The molecule has 2 rings (SSSR count). The predicted octanol–water partition coefficient (Wildman–Crippen LogP) is 2.50. The highest BCUT2D eigenvalue weighted by Crippen LogP contribution is 2.16. The van der Waals surface area contributed by atoms with Gasteiger partial charge in [0.15, 0.2) is 0 Å². The van der Waals surface area contributed by atoms with Gasteiger partial charge in [-0.25, -0.2) is 9.97 Å². The number of nitrogens with one attached hydrogen (secondary N) is 1. The molecule has 0 saturated heterocycles. The molecule has 0 spiro atoms. The molecule has 2 aromatic rings. The lowest BCUT2D eigenvalue weighted by atomic mass is 10.1. The average molecular weight is 257 g/mol. The van der Waals surface area contributed by atoms with Crippen LogP contribution in [0.15, 0.2) is 18.2 Å². The first-order valence-corrected chi connectivity index (χ1v) is 6.77. The minimum absolute atomic E-state index is 0.0659. The van der Waals surface area contributed by atoms with Crippen LogP contribution in [-0.4, -0.2) is 22.4 Å². The molecule has 0 aliphatic rings. The molecule has 1 N–H and O–H groups in total. The molecule has 0 fully saturated rings.